The van der Waals surface area contributed by atoms with Gasteiger partial charge in [-0.05, 0) is 50.2 Å². The molecule has 0 spiro atoms. The molecule has 0 saturated carbocycles. The quantitative estimate of drug-likeness (QED) is 0.595. The summed E-state index contributed by atoms with van der Waals surface area (Å²) >= 11 is 0. The van der Waals surface area contributed by atoms with Gasteiger partial charge in [-0.15, -0.1) is 0 Å². The molecule has 1 aromatic heterocycles. The molecule has 1 aliphatic rings. The number of aliphatic hydroxyl groups is 1. The van der Waals surface area contributed by atoms with E-state index >= 15 is 0 Å². The van der Waals surface area contributed by atoms with Gasteiger partial charge in [0.05, 0.1) is 17.4 Å². The molecule has 1 heterocycles. The largest absolute Gasteiger partial charge is 0.493 e. The fourth-order valence-electron chi connectivity index (χ4n) is 3.24. The molecule has 2 N–H and O–H groups in total. The maximum Gasteiger partial charge on any atom is 0.211 e. The van der Waals surface area contributed by atoms with Crippen molar-refractivity contribution in [2.24, 2.45) is 0 Å². The fraction of sp³-hybridized carbons (Fsp3) is 0.556. The maximum absolute atomic E-state index is 11.1. The Morgan fingerprint density at radius 3 is 2.83 bits per heavy atom. The van der Waals surface area contributed by atoms with Gasteiger partial charge in [-0.3, -0.25) is 4.79 Å². The number of carbonyl (C=O) groups is 1. The summed E-state index contributed by atoms with van der Waals surface area (Å²) in [4.78, 5) is 14.8. The van der Waals surface area contributed by atoms with Gasteiger partial charge in [0.15, 0.2) is 6.29 Å². The van der Waals surface area contributed by atoms with Crippen molar-refractivity contribution in [3.05, 3.63) is 29.0 Å². The van der Waals surface area contributed by atoms with Crippen molar-refractivity contribution in [1.29, 1.82) is 0 Å². The maximum atomic E-state index is 11.1. The first kappa shape index (κ1) is 17.5. The Kier molecular flexibility index (Phi) is 5.77. The van der Waals surface area contributed by atoms with Gasteiger partial charge in [-0.2, -0.15) is 0 Å². The highest BCUT2D eigenvalue weighted by molar-refractivity contribution is 5.79. The summed E-state index contributed by atoms with van der Waals surface area (Å²) in [5.74, 6) is 0.147. The van der Waals surface area contributed by atoms with Crippen LogP contribution in [0.2, 0.25) is 0 Å². The number of ether oxygens (including phenoxy) is 1. The van der Waals surface area contributed by atoms with E-state index in [-0.39, 0.29) is 11.4 Å². The lowest BCUT2D eigenvalue weighted by Crippen LogP contribution is -2.30. The smallest absolute Gasteiger partial charge is 0.211 e. The predicted octanol–water partition coefficient (Wildman–Crippen LogP) is 3.40. The number of pyridine rings is 1. The van der Waals surface area contributed by atoms with Crippen LogP contribution < -0.4 is 4.74 Å². The number of hydrogen-bond donors (Lipinski definition) is 2. The summed E-state index contributed by atoms with van der Waals surface area (Å²) < 4.78 is 5.75. The Hall–Kier alpha value is -1.88. The third-order valence-corrected chi connectivity index (χ3v) is 4.38. The Labute approximate surface area is 137 Å². The van der Waals surface area contributed by atoms with E-state index in [1.54, 1.807) is 0 Å². The Bertz CT molecular complexity index is 593. The van der Waals surface area contributed by atoms with Crippen molar-refractivity contribution in [2.45, 2.75) is 58.0 Å². The van der Waals surface area contributed by atoms with Crippen molar-refractivity contribution < 1.29 is 19.7 Å². The van der Waals surface area contributed by atoms with E-state index in [1.165, 1.54) is 12.3 Å². The Morgan fingerprint density at radius 1 is 1.39 bits per heavy atom. The Morgan fingerprint density at radius 2 is 2.13 bits per heavy atom. The van der Waals surface area contributed by atoms with Crippen LogP contribution in [0.4, 0.5) is 0 Å². The standard InChI is InChI=1S/C18H25NO4/c1-3-8-18(2,22)15-7-5-4-6-13(15)12-23-16-10-19-17(21)9-14(16)11-20/h9-11,22H,3-8,12H2,1-2H3,(H,19,21). The van der Waals surface area contributed by atoms with Crippen LogP contribution in [0.3, 0.4) is 0 Å². The molecule has 0 radical (unpaired) electrons. The summed E-state index contributed by atoms with van der Waals surface area (Å²) in [5.41, 5.74) is 1.66. The first-order valence-electron chi connectivity index (χ1n) is 8.18. The number of rotatable bonds is 7. The van der Waals surface area contributed by atoms with Gasteiger partial charge in [-0.25, -0.2) is 4.98 Å². The zero-order valence-corrected chi connectivity index (χ0v) is 13.8. The Balaban J connectivity index is 2.19. The molecular formula is C18H25NO4. The number of hydrogen-bond acceptors (Lipinski definition) is 5. The van der Waals surface area contributed by atoms with E-state index < -0.39 is 5.60 Å². The molecule has 0 aromatic carbocycles. The van der Waals surface area contributed by atoms with Crippen molar-refractivity contribution >= 4 is 6.29 Å². The summed E-state index contributed by atoms with van der Waals surface area (Å²) in [6.45, 7) is 4.27. The lowest BCUT2D eigenvalue weighted by Gasteiger charge is -2.32. The third kappa shape index (κ3) is 4.32. The number of aromatic hydroxyl groups is 1. The van der Waals surface area contributed by atoms with Gasteiger partial charge in [0.2, 0.25) is 5.88 Å². The molecule has 1 aliphatic carbocycles. The zero-order chi connectivity index (χ0) is 16.9. The lowest BCUT2D eigenvalue weighted by atomic mass is 9.80. The van der Waals surface area contributed by atoms with Gasteiger partial charge >= 0.3 is 0 Å². The highest BCUT2D eigenvalue weighted by atomic mass is 16.5. The summed E-state index contributed by atoms with van der Waals surface area (Å²) in [6.07, 6.45) is 7.59. The van der Waals surface area contributed by atoms with E-state index in [0.717, 1.165) is 49.7 Å². The SMILES string of the molecule is CCCC(C)(O)C1=C(COc2cnc(O)cc2C=O)CCCC1. The molecule has 0 bridgehead atoms. The van der Waals surface area contributed by atoms with Crippen LogP contribution in [0, 0.1) is 0 Å². The zero-order valence-electron chi connectivity index (χ0n) is 13.8. The average molecular weight is 319 g/mol. The van der Waals surface area contributed by atoms with Crippen LogP contribution in [0.1, 0.15) is 62.7 Å². The van der Waals surface area contributed by atoms with Gasteiger partial charge in [-0.1, -0.05) is 13.3 Å². The fourth-order valence-corrected chi connectivity index (χ4v) is 3.24. The molecule has 0 aliphatic heterocycles. The number of nitrogens with zero attached hydrogens (tertiary/aromatic N) is 1. The van der Waals surface area contributed by atoms with Gasteiger partial charge in [0.1, 0.15) is 12.4 Å². The van der Waals surface area contributed by atoms with Gasteiger partial charge < -0.3 is 14.9 Å². The van der Waals surface area contributed by atoms with Crippen LogP contribution in [0.5, 0.6) is 11.6 Å². The second-order valence-corrected chi connectivity index (χ2v) is 6.30. The topological polar surface area (TPSA) is 79.7 Å². The third-order valence-electron chi connectivity index (χ3n) is 4.38. The van der Waals surface area contributed by atoms with Crippen molar-refractivity contribution in [3.63, 3.8) is 0 Å². The number of aldehydes is 1. The molecule has 5 heteroatoms. The van der Waals surface area contributed by atoms with Crippen molar-refractivity contribution in [2.75, 3.05) is 6.61 Å². The van der Waals surface area contributed by atoms with E-state index in [9.17, 15) is 15.0 Å². The molecular weight excluding hydrogens is 294 g/mol. The van der Waals surface area contributed by atoms with Crippen LogP contribution in [-0.2, 0) is 0 Å². The highest BCUT2D eigenvalue weighted by Gasteiger charge is 2.29. The number of carbonyl (C=O) groups excluding carboxylic acids is 1. The minimum atomic E-state index is -0.797. The lowest BCUT2D eigenvalue weighted by molar-refractivity contribution is 0.0801. The van der Waals surface area contributed by atoms with E-state index in [1.807, 2.05) is 6.92 Å². The number of aromatic nitrogens is 1. The minimum Gasteiger partial charge on any atom is -0.493 e. The molecule has 23 heavy (non-hydrogen) atoms. The van der Waals surface area contributed by atoms with Crippen LogP contribution in [0.15, 0.2) is 23.4 Å². The van der Waals surface area contributed by atoms with E-state index in [2.05, 4.69) is 11.9 Å². The molecule has 0 fully saturated rings. The molecule has 0 saturated heterocycles. The molecule has 2 rings (SSSR count). The first-order chi connectivity index (χ1) is 11.0. The highest BCUT2D eigenvalue weighted by Crippen LogP contribution is 2.35. The van der Waals surface area contributed by atoms with E-state index in [4.69, 9.17) is 4.74 Å². The average Bonchev–Trinajstić information content (AvgIpc) is 2.53. The summed E-state index contributed by atoms with van der Waals surface area (Å²) in [7, 11) is 0. The molecule has 1 aromatic rings. The molecule has 1 unspecified atom stereocenters. The summed E-state index contributed by atoms with van der Waals surface area (Å²) in [5, 5.41) is 20.1. The minimum absolute atomic E-state index is 0.206. The van der Waals surface area contributed by atoms with Gasteiger partial charge in [0, 0.05) is 6.07 Å². The second kappa shape index (κ2) is 7.59. The normalized spacial score (nSPS) is 17.7. The van der Waals surface area contributed by atoms with Crippen LogP contribution in [-0.4, -0.2) is 33.7 Å². The first-order valence-corrected chi connectivity index (χ1v) is 8.18. The predicted molar refractivity (Wildman–Crippen MR) is 87.8 cm³/mol. The monoisotopic (exact) mass is 319 g/mol. The molecule has 5 nitrogen and oxygen atoms in total. The second-order valence-electron chi connectivity index (χ2n) is 6.30. The van der Waals surface area contributed by atoms with Crippen LogP contribution >= 0.6 is 0 Å². The molecule has 1 atom stereocenters. The van der Waals surface area contributed by atoms with E-state index in [0.29, 0.717) is 18.6 Å². The molecule has 126 valence electrons. The van der Waals surface area contributed by atoms with Gasteiger partial charge in [0.25, 0.3) is 0 Å². The summed E-state index contributed by atoms with van der Waals surface area (Å²) in [6, 6.07) is 1.28. The molecule has 0 amide bonds. The van der Waals surface area contributed by atoms with Crippen molar-refractivity contribution in [3.8, 4) is 11.6 Å². The van der Waals surface area contributed by atoms with Crippen molar-refractivity contribution in [1.82, 2.24) is 4.98 Å². The van der Waals surface area contributed by atoms with Crippen LogP contribution in [0.25, 0.3) is 0 Å².